The van der Waals surface area contributed by atoms with E-state index >= 15 is 0 Å². The minimum atomic E-state index is 1.10. The second-order valence-electron chi connectivity index (χ2n) is 3.70. The highest BCUT2D eigenvalue weighted by Gasteiger charge is 2.10. The highest BCUT2D eigenvalue weighted by atomic mass is 32.2. The molecule has 0 amide bonds. The van der Waals surface area contributed by atoms with E-state index in [9.17, 15) is 0 Å². The van der Waals surface area contributed by atoms with Gasteiger partial charge in [0, 0.05) is 0 Å². The van der Waals surface area contributed by atoms with Crippen molar-refractivity contribution in [1.29, 1.82) is 0 Å². The molecule has 1 aliphatic carbocycles. The first-order valence-corrected chi connectivity index (χ1v) is 6.88. The molecule has 0 aromatic rings. The molecular formula is C11H24S. The van der Waals surface area contributed by atoms with Gasteiger partial charge in [0.25, 0.3) is 0 Å². The number of thioether (sulfide) groups is 1. The van der Waals surface area contributed by atoms with Gasteiger partial charge in [0.1, 0.15) is 0 Å². The van der Waals surface area contributed by atoms with Crippen LogP contribution in [0.15, 0.2) is 0 Å². The molecule has 0 nitrogen and oxygen atoms in total. The highest BCUT2D eigenvalue weighted by molar-refractivity contribution is 7.97. The fourth-order valence-corrected chi connectivity index (χ4v) is 1.88. The Bertz CT molecular complexity index is 72.3. The van der Waals surface area contributed by atoms with Gasteiger partial charge in [-0.05, 0) is 18.4 Å². The largest absolute Gasteiger partial charge is 0.169 e. The van der Waals surface area contributed by atoms with Crippen LogP contribution < -0.4 is 0 Å². The van der Waals surface area contributed by atoms with Crippen molar-refractivity contribution < 1.29 is 0 Å². The van der Waals surface area contributed by atoms with Crippen LogP contribution in [-0.4, -0.2) is 12.5 Å². The van der Waals surface area contributed by atoms with Crippen LogP contribution in [0.5, 0.6) is 0 Å². The Morgan fingerprint density at radius 3 is 2.00 bits per heavy atom. The van der Waals surface area contributed by atoms with Gasteiger partial charge in [-0.1, -0.05) is 51.9 Å². The average molecular weight is 188 g/mol. The van der Waals surface area contributed by atoms with Crippen LogP contribution in [-0.2, 0) is 0 Å². The summed E-state index contributed by atoms with van der Waals surface area (Å²) in [4.78, 5) is 0. The van der Waals surface area contributed by atoms with Crippen molar-refractivity contribution in [3.05, 3.63) is 0 Å². The standard InChI is InChI=1S/C9H18.C2H6S/c1-2-6-9-7-4-3-5-8-9;1-3-2/h9H,2-8H2,1H3;1-2H3. The normalized spacial score (nSPS) is 18.2. The second kappa shape index (κ2) is 9.44. The van der Waals surface area contributed by atoms with Gasteiger partial charge < -0.3 is 0 Å². The molecule has 0 spiro atoms. The molecule has 0 aromatic heterocycles. The van der Waals surface area contributed by atoms with Gasteiger partial charge in [0.05, 0.1) is 0 Å². The zero-order valence-electron chi connectivity index (χ0n) is 8.94. The fourth-order valence-electron chi connectivity index (χ4n) is 1.88. The van der Waals surface area contributed by atoms with E-state index in [-0.39, 0.29) is 0 Å². The molecule has 1 heteroatoms. The van der Waals surface area contributed by atoms with E-state index in [1.165, 1.54) is 44.9 Å². The Morgan fingerprint density at radius 1 is 1.08 bits per heavy atom. The molecular weight excluding hydrogens is 164 g/mol. The van der Waals surface area contributed by atoms with E-state index in [1.807, 2.05) is 12.5 Å². The lowest BCUT2D eigenvalue weighted by Gasteiger charge is -2.20. The van der Waals surface area contributed by atoms with Crippen molar-refractivity contribution in [3.63, 3.8) is 0 Å². The molecule has 74 valence electrons. The fraction of sp³-hybridized carbons (Fsp3) is 1.00. The quantitative estimate of drug-likeness (QED) is 0.621. The van der Waals surface area contributed by atoms with Crippen LogP contribution in [0, 0.1) is 5.92 Å². The summed E-state index contributed by atoms with van der Waals surface area (Å²) in [7, 11) is 0. The molecule has 1 aliphatic rings. The van der Waals surface area contributed by atoms with Crippen LogP contribution in [0.3, 0.4) is 0 Å². The molecule has 1 fully saturated rings. The lowest BCUT2D eigenvalue weighted by atomic mass is 9.86. The third kappa shape index (κ3) is 7.02. The van der Waals surface area contributed by atoms with E-state index in [2.05, 4.69) is 6.92 Å². The summed E-state index contributed by atoms with van der Waals surface area (Å²) in [6, 6.07) is 0. The van der Waals surface area contributed by atoms with Crippen molar-refractivity contribution in [3.8, 4) is 0 Å². The molecule has 1 rings (SSSR count). The van der Waals surface area contributed by atoms with Crippen molar-refractivity contribution in [2.75, 3.05) is 12.5 Å². The van der Waals surface area contributed by atoms with Crippen LogP contribution >= 0.6 is 11.8 Å². The summed E-state index contributed by atoms with van der Waals surface area (Å²) in [6.07, 6.45) is 14.5. The number of hydrogen-bond donors (Lipinski definition) is 0. The average Bonchev–Trinajstić information content (AvgIpc) is 2.08. The van der Waals surface area contributed by atoms with Crippen molar-refractivity contribution in [2.45, 2.75) is 51.9 Å². The molecule has 1 saturated carbocycles. The van der Waals surface area contributed by atoms with Gasteiger partial charge >= 0.3 is 0 Å². The first-order valence-electron chi connectivity index (χ1n) is 5.25. The third-order valence-electron chi connectivity index (χ3n) is 2.42. The zero-order valence-corrected chi connectivity index (χ0v) is 9.75. The van der Waals surface area contributed by atoms with Crippen LogP contribution in [0.2, 0.25) is 0 Å². The topological polar surface area (TPSA) is 0 Å². The molecule has 12 heavy (non-hydrogen) atoms. The lowest BCUT2D eigenvalue weighted by Crippen LogP contribution is -2.04. The summed E-state index contributed by atoms with van der Waals surface area (Å²) in [5, 5.41) is 0. The summed E-state index contributed by atoms with van der Waals surface area (Å²) in [5.41, 5.74) is 0. The van der Waals surface area contributed by atoms with E-state index in [0.29, 0.717) is 0 Å². The Kier molecular flexibility index (Phi) is 9.71. The summed E-state index contributed by atoms with van der Waals surface area (Å²) < 4.78 is 0. The molecule has 0 unspecified atom stereocenters. The maximum Gasteiger partial charge on any atom is -0.0187 e. The molecule has 0 N–H and O–H groups in total. The van der Waals surface area contributed by atoms with Crippen LogP contribution in [0.1, 0.15) is 51.9 Å². The Labute approximate surface area is 82.5 Å². The number of hydrogen-bond acceptors (Lipinski definition) is 1. The predicted octanol–water partition coefficient (Wildman–Crippen LogP) is 4.35. The molecule has 0 saturated heterocycles. The van der Waals surface area contributed by atoms with E-state index in [4.69, 9.17) is 0 Å². The Hall–Kier alpha value is 0.350. The van der Waals surface area contributed by atoms with Crippen molar-refractivity contribution in [2.24, 2.45) is 5.92 Å². The SMILES string of the molecule is CCCC1CCCCC1.CSC. The molecule has 0 heterocycles. The first kappa shape index (κ1) is 12.3. The summed E-state index contributed by atoms with van der Waals surface area (Å²) >= 11 is 1.75. The van der Waals surface area contributed by atoms with E-state index in [0.717, 1.165) is 5.92 Å². The van der Waals surface area contributed by atoms with Gasteiger partial charge in [0.15, 0.2) is 0 Å². The Balaban J connectivity index is 0.000000354. The van der Waals surface area contributed by atoms with Gasteiger partial charge in [-0.3, -0.25) is 0 Å². The monoisotopic (exact) mass is 188 g/mol. The minimum Gasteiger partial charge on any atom is -0.169 e. The van der Waals surface area contributed by atoms with Gasteiger partial charge in [-0.15, -0.1) is 0 Å². The van der Waals surface area contributed by atoms with E-state index < -0.39 is 0 Å². The second-order valence-corrected chi connectivity index (χ2v) is 4.52. The number of rotatable bonds is 2. The van der Waals surface area contributed by atoms with Crippen LogP contribution in [0.4, 0.5) is 0 Å². The minimum absolute atomic E-state index is 1.10. The first-order chi connectivity index (χ1) is 5.85. The van der Waals surface area contributed by atoms with Gasteiger partial charge in [0.2, 0.25) is 0 Å². The summed E-state index contributed by atoms with van der Waals surface area (Å²) in [5.74, 6) is 1.10. The van der Waals surface area contributed by atoms with Gasteiger partial charge in [-0.2, -0.15) is 11.8 Å². The summed E-state index contributed by atoms with van der Waals surface area (Å²) in [6.45, 7) is 2.30. The van der Waals surface area contributed by atoms with Gasteiger partial charge in [-0.25, -0.2) is 0 Å². The van der Waals surface area contributed by atoms with Crippen molar-refractivity contribution in [1.82, 2.24) is 0 Å². The molecule has 0 aromatic carbocycles. The van der Waals surface area contributed by atoms with E-state index in [1.54, 1.807) is 11.8 Å². The maximum atomic E-state index is 2.30. The third-order valence-corrected chi connectivity index (χ3v) is 2.42. The maximum absolute atomic E-state index is 2.30. The molecule has 0 bridgehead atoms. The predicted molar refractivity (Wildman–Crippen MR) is 60.9 cm³/mol. The molecule has 0 radical (unpaired) electrons. The molecule has 0 atom stereocenters. The zero-order chi connectivity index (χ0) is 9.23. The molecule has 0 aliphatic heterocycles. The highest BCUT2D eigenvalue weighted by Crippen LogP contribution is 2.26. The van der Waals surface area contributed by atoms with Crippen LogP contribution in [0.25, 0.3) is 0 Å². The lowest BCUT2D eigenvalue weighted by molar-refractivity contribution is 0.336. The van der Waals surface area contributed by atoms with Crippen molar-refractivity contribution >= 4 is 11.8 Å². The Morgan fingerprint density at radius 2 is 1.58 bits per heavy atom. The smallest absolute Gasteiger partial charge is 0.0187 e.